The van der Waals surface area contributed by atoms with Gasteiger partial charge in [-0.3, -0.25) is 24.3 Å². The number of benzene rings is 3. The summed E-state index contributed by atoms with van der Waals surface area (Å²) in [6.07, 6.45) is 0. The van der Waals surface area contributed by atoms with Gasteiger partial charge in [0.05, 0.1) is 34.1 Å². The van der Waals surface area contributed by atoms with Gasteiger partial charge >= 0.3 is 0 Å². The number of hydrogen-bond donors (Lipinski definition) is 1. The summed E-state index contributed by atoms with van der Waals surface area (Å²) >= 11 is 0. The lowest BCUT2D eigenvalue weighted by Crippen LogP contribution is -2.51. The summed E-state index contributed by atoms with van der Waals surface area (Å²) in [6.45, 7) is 6.09. The van der Waals surface area contributed by atoms with Crippen LogP contribution in [0, 0.1) is 24.7 Å². The molecular formula is C30H26N4O3. The molecular weight excluding hydrogens is 464 g/mol. The average Bonchev–Trinajstić information content (AvgIpc) is 3.49. The van der Waals surface area contributed by atoms with Crippen molar-refractivity contribution in [3.05, 3.63) is 100 Å². The number of aromatic nitrogens is 2. The van der Waals surface area contributed by atoms with Crippen molar-refractivity contribution in [1.82, 2.24) is 14.9 Å². The first-order valence-corrected chi connectivity index (χ1v) is 12.7. The van der Waals surface area contributed by atoms with Crippen LogP contribution in [0.2, 0.25) is 0 Å². The van der Waals surface area contributed by atoms with E-state index in [1.165, 1.54) is 4.90 Å². The molecule has 0 unspecified atom stereocenters. The summed E-state index contributed by atoms with van der Waals surface area (Å²) < 4.78 is 1.64. The lowest BCUT2D eigenvalue weighted by atomic mass is 9.75. The first kappa shape index (κ1) is 22.1. The number of carbonyl (C=O) groups is 2. The number of fused-ring (bicyclic) bond motifs is 8. The summed E-state index contributed by atoms with van der Waals surface area (Å²) in [5, 5.41) is 4.24. The molecule has 2 fully saturated rings. The minimum absolute atomic E-state index is 0.0648. The highest BCUT2D eigenvalue weighted by atomic mass is 16.2. The van der Waals surface area contributed by atoms with Crippen LogP contribution in [0.1, 0.15) is 30.8 Å². The van der Waals surface area contributed by atoms with Crippen molar-refractivity contribution in [3.63, 3.8) is 0 Å². The fourth-order valence-corrected chi connectivity index (χ4v) is 6.67. The summed E-state index contributed by atoms with van der Waals surface area (Å²) in [4.78, 5) is 48.5. The van der Waals surface area contributed by atoms with E-state index in [0.717, 1.165) is 11.1 Å². The van der Waals surface area contributed by atoms with Gasteiger partial charge in [0.15, 0.2) is 0 Å². The molecule has 1 N–H and O–H groups in total. The van der Waals surface area contributed by atoms with Crippen LogP contribution in [0.4, 0.5) is 5.69 Å². The summed E-state index contributed by atoms with van der Waals surface area (Å²) in [5.74, 6) is -1.26. The number of rotatable bonds is 2. The molecule has 4 atom stereocenters. The van der Waals surface area contributed by atoms with E-state index in [4.69, 9.17) is 4.98 Å². The Kier molecular flexibility index (Phi) is 4.46. The maximum absolute atomic E-state index is 14.3. The second-order valence-electron chi connectivity index (χ2n) is 10.7. The first-order valence-electron chi connectivity index (χ1n) is 12.7. The molecule has 0 radical (unpaired) electrons. The summed E-state index contributed by atoms with van der Waals surface area (Å²) in [5.41, 5.74) is 2.42. The average molecular weight is 491 g/mol. The zero-order valence-corrected chi connectivity index (χ0v) is 20.8. The Bertz CT molecular complexity index is 1690. The number of imide groups is 1. The molecule has 2 amide bonds. The number of nitrogens with one attached hydrogen (secondary N) is 1. The molecule has 7 rings (SSSR count). The van der Waals surface area contributed by atoms with Crippen molar-refractivity contribution in [2.45, 2.75) is 32.4 Å². The van der Waals surface area contributed by atoms with Gasteiger partial charge in [0, 0.05) is 11.6 Å². The van der Waals surface area contributed by atoms with Crippen molar-refractivity contribution in [1.29, 1.82) is 0 Å². The highest BCUT2D eigenvalue weighted by Crippen LogP contribution is 2.56. The molecule has 0 saturated carbocycles. The number of aryl methyl sites for hydroxylation is 1. The highest BCUT2D eigenvalue weighted by molar-refractivity contribution is 6.23. The quantitative estimate of drug-likeness (QED) is 0.434. The van der Waals surface area contributed by atoms with Crippen LogP contribution in [0.3, 0.4) is 0 Å². The molecule has 0 bridgehead atoms. The van der Waals surface area contributed by atoms with E-state index < -0.39 is 17.4 Å². The Balaban J connectivity index is 1.53. The normalized spacial score (nSPS) is 25.8. The maximum atomic E-state index is 14.3. The molecule has 3 aliphatic rings. The van der Waals surface area contributed by atoms with Crippen LogP contribution in [0.5, 0.6) is 0 Å². The molecule has 37 heavy (non-hydrogen) atoms. The standard InChI is InChI=1S/C30H26N4O3/c1-16(2)25-23-24(28(37)33(27(23)36)18-14-12-17(3)13-15-18)30(32-25)20-9-5-7-11-22(20)34-26(35)19-8-4-6-10-21(19)31-29(30)34/h4-16,23-25,32H,1-3H3/t23-,24-,25+,30-/m1/s1. The van der Waals surface area contributed by atoms with Gasteiger partial charge in [0.25, 0.3) is 5.56 Å². The molecule has 7 nitrogen and oxygen atoms in total. The van der Waals surface area contributed by atoms with E-state index in [0.29, 0.717) is 28.1 Å². The van der Waals surface area contributed by atoms with E-state index in [1.807, 2.05) is 73.7 Å². The fraction of sp³-hybridized carbons (Fsp3) is 0.267. The zero-order chi connectivity index (χ0) is 25.6. The number of amides is 2. The molecule has 184 valence electrons. The Morgan fingerprint density at radius 1 is 0.892 bits per heavy atom. The van der Waals surface area contributed by atoms with Gasteiger partial charge in [-0.1, -0.05) is 61.9 Å². The van der Waals surface area contributed by atoms with E-state index >= 15 is 0 Å². The zero-order valence-electron chi connectivity index (χ0n) is 20.8. The SMILES string of the molecule is Cc1ccc(N2C(=O)[C@H]3[C@H](C(C)C)N[C@]4(c5ccccc5-n5c4nc4ccccc4c5=O)[C@H]3C2=O)cc1. The molecule has 1 spiro atoms. The monoisotopic (exact) mass is 490 g/mol. The van der Waals surface area contributed by atoms with Crippen molar-refractivity contribution in [2.75, 3.05) is 4.90 Å². The summed E-state index contributed by atoms with van der Waals surface area (Å²) in [6, 6.07) is 22.1. The minimum atomic E-state index is -1.11. The van der Waals surface area contributed by atoms with Gasteiger partial charge in [-0.05, 0) is 43.2 Å². The van der Waals surface area contributed by atoms with Crippen LogP contribution in [-0.4, -0.2) is 27.4 Å². The third-order valence-electron chi connectivity index (χ3n) is 8.31. The van der Waals surface area contributed by atoms with E-state index in [-0.39, 0.29) is 29.3 Å². The second kappa shape index (κ2) is 7.46. The van der Waals surface area contributed by atoms with Gasteiger partial charge in [-0.15, -0.1) is 0 Å². The van der Waals surface area contributed by atoms with Gasteiger partial charge in [-0.25, -0.2) is 9.88 Å². The van der Waals surface area contributed by atoms with Crippen molar-refractivity contribution < 1.29 is 9.59 Å². The second-order valence-corrected chi connectivity index (χ2v) is 10.7. The Morgan fingerprint density at radius 2 is 1.59 bits per heavy atom. The third kappa shape index (κ3) is 2.69. The molecule has 4 heterocycles. The minimum Gasteiger partial charge on any atom is -0.296 e. The molecule has 3 aromatic carbocycles. The largest absolute Gasteiger partial charge is 0.296 e. The Morgan fingerprint density at radius 3 is 2.35 bits per heavy atom. The lowest BCUT2D eigenvalue weighted by Gasteiger charge is -2.32. The topological polar surface area (TPSA) is 84.3 Å². The van der Waals surface area contributed by atoms with Gasteiger partial charge in [0.2, 0.25) is 11.8 Å². The molecule has 7 heteroatoms. The van der Waals surface area contributed by atoms with Crippen molar-refractivity contribution >= 4 is 28.4 Å². The van der Waals surface area contributed by atoms with E-state index in [2.05, 4.69) is 19.2 Å². The van der Waals surface area contributed by atoms with Gasteiger partial charge in [-0.2, -0.15) is 0 Å². The van der Waals surface area contributed by atoms with E-state index in [1.54, 1.807) is 10.6 Å². The molecule has 3 aliphatic heterocycles. The first-order chi connectivity index (χ1) is 17.8. The Labute approximate surface area is 213 Å². The van der Waals surface area contributed by atoms with Crippen LogP contribution < -0.4 is 15.8 Å². The van der Waals surface area contributed by atoms with Crippen molar-refractivity contribution in [2.24, 2.45) is 17.8 Å². The van der Waals surface area contributed by atoms with Gasteiger partial charge in [0.1, 0.15) is 11.4 Å². The van der Waals surface area contributed by atoms with E-state index in [9.17, 15) is 14.4 Å². The van der Waals surface area contributed by atoms with Crippen LogP contribution in [0.15, 0.2) is 77.6 Å². The molecule has 4 aromatic rings. The number of anilines is 1. The maximum Gasteiger partial charge on any atom is 0.266 e. The Hall–Kier alpha value is -4.10. The van der Waals surface area contributed by atoms with Crippen LogP contribution in [0.25, 0.3) is 16.6 Å². The molecule has 2 saturated heterocycles. The summed E-state index contributed by atoms with van der Waals surface area (Å²) in [7, 11) is 0. The number of hydrogen-bond acceptors (Lipinski definition) is 5. The highest BCUT2D eigenvalue weighted by Gasteiger charge is 2.70. The predicted octanol–water partition coefficient (Wildman–Crippen LogP) is 3.68. The number of nitrogens with zero attached hydrogens (tertiary/aromatic N) is 3. The number of para-hydroxylation sites is 2. The smallest absolute Gasteiger partial charge is 0.266 e. The number of carbonyl (C=O) groups excluding carboxylic acids is 2. The third-order valence-corrected chi connectivity index (χ3v) is 8.31. The van der Waals surface area contributed by atoms with Crippen LogP contribution >= 0.6 is 0 Å². The molecule has 0 aliphatic carbocycles. The molecule has 1 aromatic heterocycles. The lowest BCUT2D eigenvalue weighted by molar-refractivity contribution is -0.123. The predicted molar refractivity (Wildman–Crippen MR) is 141 cm³/mol. The fourth-order valence-electron chi connectivity index (χ4n) is 6.67. The van der Waals surface area contributed by atoms with Crippen LogP contribution in [-0.2, 0) is 15.1 Å². The van der Waals surface area contributed by atoms with Gasteiger partial charge < -0.3 is 0 Å². The van der Waals surface area contributed by atoms with Crippen molar-refractivity contribution in [3.8, 4) is 5.69 Å².